The Balaban J connectivity index is 2.29. The molecule has 1 atom stereocenters. The number of nitrogens with one attached hydrogen (secondary N) is 1. The maximum atomic E-state index is 11.5. The van der Waals surface area contributed by atoms with E-state index in [1.54, 1.807) is 18.1 Å². The fraction of sp³-hybridized carbons (Fsp3) is 0.700. The van der Waals surface area contributed by atoms with Gasteiger partial charge in [0.25, 0.3) is 0 Å². The quantitative estimate of drug-likeness (QED) is 0.710. The zero-order chi connectivity index (χ0) is 12.0. The Morgan fingerprint density at radius 1 is 1.69 bits per heavy atom. The van der Waals surface area contributed by atoms with Crippen LogP contribution in [0.2, 0.25) is 0 Å². The van der Waals surface area contributed by atoms with Crippen LogP contribution in [-0.4, -0.2) is 26.7 Å². The molecule has 0 radical (unpaired) electrons. The highest BCUT2D eigenvalue weighted by Crippen LogP contribution is 1.98. The first-order valence-corrected chi connectivity index (χ1v) is 5.51. The third-order valence-corrected chi connectivity index (χ3v) is 2.27. The Morgan fingerprint density at radius 2 is 2.44 bits per heavy atom. The van der Waals surface area contributed by atoms with E-state index in [1.807, 2.05) is 0 Å². The van der Waals surface area contributed by atoms with Crippen molar-refractivity contribution in [3.63, 3.8) is 0 Å². The Labute approximate surface area is 95.2 Å². The lowest BCUT2D eigenvalue weighted by molar-refractivity contribution is -0.122. The summed E-state index contributed by atoms with van der Waals surface area (Å²) in [6, 6.07) is -0.427. The van der Waals surface area contributed by atoms with Crippen LogP contribution in [0.1, 0.15) is 32.0 Å². The molecule has 0 saturated carbocycles. The molecule has 1 heterocycles. The molecule has 0 aromatic carbocycles. The predicted octanol–water partition coefficient (Wildman–Crippen LogP) is -0.0512. The van der Waals surface area contributed by atoms with Gasteiger partial charge in [0.2, 0.25) is 5.91 Å². The molecule has 1 aromatic heterocycles. The molecule has 1 unspecified atom stereocenters. The fourth-order valence-corrected chi connectivity index (χ4v) is 1.32. The minimum atomic E-state index is -0.427. The average molecular weight is 225 g/mol. The van der Waals surface area contributed by atoms with Crippen molar-refractivity contribution in [1.29, 1.82) is 0 Å². The number of aromatic nitrogens is 3. The van der Waals surface area contributed by atoms with Gasteiger partial charge in [-0.3, -0.25) is 9.48 Å². The molecule has 6 heteroatoms. The average Bonchev–Trinajstić information content (AvgIpc) is 2.68. The van der Waals surface area contributed by atoms with E-state index in [1.165, 1.54) is 0 Å². The summed E-state index contributed by atoms with van der Waals surface area (Å²) < 4.78 is 1.60. The van der Waals surface area contributed by atoms with E-state index in [-0.39, 0.29) is 5.91 Å². The number of aryl methyl sites for hydroxylation is 1. The summed E-state index contributed by atoms with van der Waals surface area (Å²) in [4.78, 5) is 15.5. The summed E-state index contributed by atoms with van der Waals surface area (Å²) >= 11 is 0. The summed E-state index contributed by atoms with van der Waals surface area (Å²) in [5.41, 5.74) is 5.71. The van der Waals surface area contributed by atoms with Crippen LogP contribution in [0.3, 0.4) is 0 Å². The molecular weight excluding hydrogens is 206 g/mol. The molecule has 0 bridgehead atoms. The molecular formula is C10H19N5O. The van der Waals surface area contributed by atoms with E-state index in [9.17, 15) is 4.79 Å². The summed E-state index contributed by atoms with van der Waals surface area (Å²) in [5, 5.41) is 6.77. The van der Waals surface area contributed by atoms with Crippen molar-refractivity contribution in [2.75, 3.05) is 0 Å². The highest BCUT2D eigenvalue weighted by atomic mass is 16.2. The number of rotatable bonds is 6. The van der Waals surface area contributed by atoms with E-state index >= 15 is 0 Å². The zero-order valence-electron chi connectivity index (χ0n) is 9.81. The Bertz CT molecular complexity index is 336. The first-order valence-electron chi connectivity index (χ1n) is 5.51. The van der Waals surface area contributed by atoms with Crippen molar-refractivity contribution in [2.24, 2.45) is 12.8 Å². The third kappa shape index (κ3) is 3.98. The van der Waals surface area contributed by atoms with E-state index in [0.717, 1.165) is 19.3 Å². The standard InChI is InChI=1S/C10H19N5O/c1-3-4-5-8(11)10(16)12-6-9-13-7-15(2)14-9/h7-8H,3-6,11H2,1-2H3,(H,12,16). The molecule has 0 saturated heterocycles. The second-order valence-electron chi connectivity index (χ2n) is 3.80. The van der Waals surface area contributed by atoms with Crippen LogP contribution in [0.25, 0.3) is 0 Å². The van der Waals surface area contributed by atoms with Crippen molar-refractivity contribution in [3.8, 4) is 0 Å². The largest absolute Gasteiger partial charge is 0.347 e. The summed E-state index contributed by atoms with van der Waals surface area (Å²) in [6.07, 6.45) is 4.33. The molecule has 16 heavy (non-hydrogen) atoms. The number of carbonyl (C=O) groups excluding carboxylic acids is 1. The number of carbonyl (C=O) groups is 1. The number of nitrogens with zero attached hydrogens (tertiary/aromatic N) is 3. The molecule has 0 aliphatic rings. The van der Waals surface area contributed by atoms with Crippen LogP contribution < -0.4 is 11.1 Å². The highest BCUT2D eigenvalue weighted by Gasteiger charge is 2.12. The van der Waals surface area contributed by atoms with Gasteiger partial charge in [-0.25, -0.2) is 4.98 Å². The summed E-state index contributed by atoms with van der Waals surface area (Å²) in [5.74, 6) is 0.458. The maximum absolute atomic E-state index is 11.5. The minimum absolute atomic E-state index is 0.138. The van der Waals surface area contributed by atoms with Crippen molar-refractivity contribution < 1.29 is 4.79 Å². The van der Waals surface area contributed by atoms with Crippen LogP contribution in [0.15, 0.2) is 6.33 Å². The van der Waals surface area contributed by atoms with E-state index in [0.29, 0.717) is 12.4 Å². The molecule has 0 spiro atoms. The van der Waals surface area contributed by atoms with Gasteiger partial charge in [-0.2, -0.15) is 5.10 Å². The van der Waals surface area contributed by atoms with E-state index < -0.39 is 6.04 Å². The predicted molar refractivity (Wildman–Crippen MR) is 60.4 cm³/mol. The van der Waals surface area contributed by atoms with Gasteiger partial charge >= 0.3 is 0 Å². The third-order valence-electron chi connectivity index (χ3n) is 2.27. The smallest absolute Gasteiger partial charge is 0.237 e. The van der Waals surface area contributed by atoms with Crippen molar-refractivity contribution in [3.05, 3.63) is 12.2 Å². The van der Waals surface area contributed by atoms with Gasteiger partial charge in [-0.1, -0.05) is 19.8 Å². The molecule has 0 aliphatic carbocycles. The lowest BCUT2D eigenvalue weighted by Crippen LogP contribution is -2.40. The van der Waals surface area contributed by atoms with Gasteiger partial charge in [0.1, 0.15) is 6.33 Å². The fourth-order valence-electron chi connectivity index (χ4n) is 1.32. The van der Waals surface area contributed by atoms with Crippen LogP contribution in [0, 0.1) is 0 Å². The molecule has 6 nitrogen and oxygen atoms in total. The lowest BCUT2D eigenvalue weighted by atomic mass is 10.1. The summed E-state index contributed by atoms with van der Waals surface area (Å²) in [7, 11) is 1.78. The number of unbranched alkanes of at least 4 members (excludes halogenated alkanes) is 1. The molecule has 1 rings (SSSR count). The van der Waals surface area contributed by atoms with Gasteiger partial charge in [0.15, 0.2) is 5.82 Å². The second-order valence-corrected chi connectivity index (χ2v) is 3.80. The van der Waals surface area contributed by atoms with Crippen molar-refractivity contribution in [2.45, 2.75) is 38.8 Å². The van der Waals surface area contributed by atoms with Gasteiger partial charge in [0.05, 0.1) is 12.6 Å². The van der Waals surface area contributed by atoms with Gasteiger partial charge in [0, 0.05) is 7.05 Å². The first kappa shape index (κ1) is 12.6. The van der Waals surface area contributed by atoms with Crippen LogP contribution in [0.5, 0.6) is 0 Å². The molecule has 90 valence electrons. The number of hydrogen-bond donors (Lipinski definition) is 2. The number of amides is 1. The Hall–Kier alpha value is -1.43. The molecule has 0 fully saturated rings. The second kappa shape index (κ2) is 6.22. The van der Waals surface area contributed by atoms with Crippen molar-refractivity contribution in [1.82, 2.24) is 20.1 Å². The van der Waals surface area contributed by atoms with Crippen molar-refractivity contribution >= 4 is 5.91 Å². The Kier molecular flexibility index (Phi) is 4.91. The number of hydrogen-bond acceptors (Lipinski definition) is 4. The van der Waals surface area contributed by atoms with Gasteiger partial charge in [-0.05, 0) is 6.42 Å². The Morgan fingerprint density at radius 3 is 3.00 bits per heavy atom. The van der Waals surface area contributed by atoms with Crippen LogP contribution >= 0.6 is 0 Å². The van der Waals surface area contributed by atoms with Crippen LogP contribution in [0.4, 0.5) is 0 Å². The number of nitrogens with two attached hydrogens (primary N) is 1. The normalized spacial score (nSPS) is 12.4. The molecule has 0 aliphatic heterocycles. The van der Waals surface area contributed by atoms with Gasteiger partial charge in [-0.15, -0.1) is 0 Å². The van der Waals surface area contributed by atoms with E-state index in [2.05, 4.69) is 22.3 Å². The monoisotopic (exact) mass is 225 g/mol. The molecule has 1 aromatic rings. The minimum Gasteiger partial charge on any atom is -0.347 e. The zero-order valence-corrected chi connectivity index (χ0v) is 9.81. The van der Waals surface area contributed by atoms with Crippen LogP contribution in [-0.2, 0) is 18.4 Å². The molecule has 1 amide bonds. The topological polar surface area (TPSA) is 85.8 Å². The SMILES string of the molecule is CCCCC(N)C(=O)NCc1ncn(C)n1. The van der Waals surface area contributed by atoms with Gasteiger partial charge < -0.3 is 11.1 Å². The first-order chi connectivity index (χ1) is 7.63. The maximum Gasteiger partial charge on any atom is 0.237 e. The molecule has 3 N–H and O–H groups in total. The lowest BCUT2D eigenvalue weighted by Gasteiger charge is -2.10. The van der Waals surface area contributed by atoms with E-state index in [4.69, 9.17) is 5.73 Å². The summed E-state index contributed by atoms with van der Waals surface area (Å²) in [6.45, 7) is 2.40. The highest BCUT2D eigenvalue weighted by molar-refractivity contribution is 5.81.